The van der Waals surface area contributed by atoms with E-state index < -0.39 is 0 Å². The summed E-state index contributed by atoms with van der Waals surface area (Å²) in [6, 6.07) is 0. The molecule has 0 saturated carbocycles. The number of aromatic nitrogens is 2. The number of carbonyl (C=O) groups excluding carboxylic acids is 1. The highest BCUT2D eigenvalue weighted by atomic mass is 16.5. The van der Waals surface area contributed by atoms with E-state index in [0.717, 1.165) is 23.6 Å². The first-order valence-corrected chi connectivity index (χ1v) is 6.84. The maximum absolute atomic E-state index is 11.5. The fraction of sp³-hybridized carbons (Fsp3) is 0.571. The molecule has 1 aliphatic heterocycles. The van der Waals surface area contributed by atoms with Crippen LogP contribution in [-0.2, 0) is 24.2 Å². The third-order valence-electron chi connectivity index (χ3n) is 3.10. The number of imidazole rings is 1. The monoisotopic (exact) mass is 280 g/mol. The Labute approximate surface area is 120 Å². The fourth-order valence-corrected chi connectivity index (χ4v) is 2.25. The number of aryl methyl sites for hydroxylation is 1. The van der Waals surface area contributed by atoms with E-state index in [1.54, 1.807) is 4.90 Å². The van der Waals surface area contributed by atoms with E-state index in [4.69, 9.17) is 10.5 Å². The highest BCUT2D eigenvalue weighted by Gasteiger charge is 2.26. The predicted octanol–water partition coefficient (Wildman–Crippen LogP) is 1.81. The lowest BCUT2D eigenvalue weighted by molar-refractivity contribution is 0.117. The van der Waals surface area contributed by atoms with Gasteiger partial charge in [-0.15, -0.1) is 0 Å². The molecule has 2 heterocycles. The van der Waals surface area contributed by atoms with Crippen molar-refractivity contribution in [3.05, 3.63) is 29.5 Å². The molecule has 6 heteroatoms. The Morgan fingerprint density at radius 2 is 2.15 bits per heavy atom. The van der Waals surface area contributed by atoms with E-state index in [0.29, 0.717) is 25.3 Å². The lowest BCUT2D eigenvalue weighted by Gasteiger charge is -2.26. The van der Waals surface area contributed by atoms with Crippen LogP contribution in [0.25, 0.3) is 0 Å². The largest absolute Gasteiger partial charge is 0.453 e. The second-order valence-corrected chi connectivity index (χ2v) is 4.44. The van der Waals surface area contributed by atoms with Crippen LogP contribution in [0.4, 0.5) is 4.79 Å². The highest BCUT2D eigenvalue weighted by Crippen LogP contribution is 2.21. The fourth-order valence-electron chi connectivity index (χ4n) is 2.25. The van der Waals surface area contributed by atoms with Crippen molar-refractivity contribution in [3.8, 4) is 0 Å². The van der Waals surface area contributed by atoms with Crippen LogP contribution in [0, 0.1) is 6.92 Å². The molecule has 0 spiro atoms. The van der Waals surface area contributed by atoms with Gasteiger partial charge in [-0.2, -0.15) is 0 Å². The molecule has 1 amide bonds. The van der Waals surface area contributed by atoms with Crippen molar-refractivity contribution in [2.45, 2.75) is 40.3 Å². The number of ether oxygens (including phenoxy) is 1. The van der Waals surface area contributed by atoms with Crippen LogP contribution >= 0.6 is 0 Å². The molecule has 0 aromatic carbocycles. The molecule has 0 unspecified atom stereocenters. The molecule has 6 nitrogen and oxygen atoms in total. The van der Waals surface area contributed by atoms with Gasteiger partial charge in [0.1, 0.15) is 5.82 Å². The molecule has 0 radical (unpaired) electrons. The van der Waals surface area contributed by atoms with Gasteiger partial charge in [-0.05, 0) is 6.92 Å². The zero-order chi connectivity index (χ0) is 15.3. The maximum atomic E-state index is 11.5. The number of rotatable bonds is 2. The van der Waals surface area contributed by atoms with Crippen molar-refractivity contribution in [2.75, 3.05) is 13.7 Å². The lowest BCUT2D eigenvalue weighted by atomic mass is 10.1. The number of hydrogen-bond acceptors (Lipinski definition) is 4. The van der Waals surface area contributed by atoms with E-state index in [-0.39, 0.29) is 6.09 Å². The van der Waals surface area contributed by atoms with Crippen LogP contribution < -0.4 is 5.73 Å². The van der Waals surface area contributed by atoms with Gasteiger partial charge in [-0.1, -0.05) is 20.4 Å². The molecule has 0 atom stereocenters. The number of carbonyl (C=O) groups is 1. The first kappa shape index (κ1) is 16.1. The second kappa shape index (κ2) is 6.98. The zero-order valence-electron chi connectivity index (χ0n) is 12.8. The molecule has 1 aromatic rings. The number of amides is 1. The van der Waals surface area contributed by atoms with Gasteiger partial charge in [0.05, 0.1) is 31.6 Å². The van der Waals surface area contributed by atoms with Crippen molar-refractivity contribution in [1.29, 1.82) is 0 Å². The summed E-state index contributed by atoms with van der Waals surface area (Å²) in [5.41, 5.74) is 8.30. The SMILES string of the molecule is C=C(N)Cn1c(C)nc2c1CN(C(=O)OC)CC2.CC. The van der Waals surface area contributed by atoms with Gasteiger partial charge in [-0.3, -0.25) is 0 Å². The van der Waals surface area contributed by atoms with Gasteiger partial charge in [0.15, 0.2) is 0 Å². The van der Waals surface area contributed by atoms with E-state index in [1.807, 2.05) is 25.3 Å². The maximum Gasteiger partial charge on any atom is 0.409 e. The number of allylic oxidation sites excluding steroid dienone is 1. The van der Waals surface area contributed by atoms with Crippen molar-refractivity contribution < 1.29 is 9.53 Å². The molecule has 0 fully saturated rings. The lowest BCUT2D eigenvalue weighted by Crippen LogP contribution is -2.36. The first-order chi connectivity index (χ1) is 9.52. The van der Waals surface area contributed by atoms with Gasteiger partial charge < -0.3 is 19.9 Å². The average Bonchev–Trinajstić information content (AvgIpc) is 2.75. The molecule has 2 N–H and O–H groups in total. The van der Waals surface area contributed by atoms with E-state index >= 15 is 0 Å². The Bertz CT molecular complexity index is 494. The Morgan fingerprint density at radius 3 is 2.70 bits per heavy atom. The van der Waals surface area contributed by atoms with Crippen LogP contribution in [-0.4, -0.2) is 34.2 Å². The Kier molecular flexibility index (Phi) is 5.61. The summed E-state index contributed by atoms with van der Waals surface area (Å²) in [5.74, 6) is 0.901. The van der Waals surface area contributed by atoms with E-state index in [9.17, 15) is 4.79 Å². The topological polar surface area (TPSA) is 73.4 Å². The summed E-state index contributed by atoms with van der Waals surface area (Å²) in [5, 5.41) is 0. The Balaban J connectivity index is 0.000000956. The number of fused-ring (bicyclic) bond motifs is 1. The van der Waals surface area contributed by atoms with Gasteiger partial charge in [-0.25, -0.2) is 9.78 Å². The smallest absolute Gasteiger partial charge is 0.409 e. The van der Waals surface area contributed by atoms with Crippen LogP contribution in [0.15, 0.2) is 12.3 Å². The minimum absolute atomic E-state index is 0.308. The standard InChI is InChI=1S/C12H18N4O2.C2H6/c1-8(13)6-16-9(2)14-10-4-5-15(7-11(10)16)12(17)18-3;1-2/h1,4-7,13H2,2-3H3;1-2H3. The summed E-state index contributed by atoms with van der Waals surface area (Å²) >= 11 is 0. The molecular weight excluding hydrogens is 256 g/mol. The summed E-state index contributed by atoms with van der Waals surface area (Å²) in [4.78, 5) is 17.7. The second-order valence-electron chi connectivity index (χ2n) is 4.44. The van der Waals surface area contributed by atoms with E-state index in [1.165, 1.54) is 7.11 Å². The van der Waals surface area contributed by atoms with Gasteiger partial charge in [0.2, 0.25) is 0 Å². The zero-order valence-corrected chi connectivity index (χ0v) is 12.8. The first-order valence-electron chi connectivity index (χ1n) is 6.84. The third-order valence-corrected chi connectivity index (χ3v) is 3.10. The van der Waals surface area contributed by atoms with Gasteiger partial charge >= 0.3 is 6.09 Å². The normalized spacial score (nSPS) is 13.1. The molecule has 0 saturated heterocycles. The van der Waals surface area contributed by atoms with Crippen molar-refractivity contribution >= 4 is 6.09 Å². The molecular formula is C14H24N4O2. The number of hydrogen-bond donors (Lipinski definition) is 1. The molecule has 20 heavy (non-hydrogen) atoms. The molecule has 0 aliphatic carbocycles. The summed E-state index contributed by atoms with van der Waals surface area (Å²) in [7, 11) is 1.39. The van der Waals surface area contributed by atoms with Crippen LogP contribution in [0.1, 0.15) is 31.1 Å². The van der Waals surface area contributed by atoms with Crippen LogP contribution in [0.2, 0.25) is 0 Å². The van der Waals surface area contributed by atoms with E-state index in [2.05, 4.69) is 11.6 Å². The van der Waals surface area contributed by atoms with Crippen molar-refractivity contribution in [3.63, 3.8) is 0 Å². The summed E-state index contributed by atoms with van der Waals surface area (Å²) in [6.07, 6.45) is 0.438. The quantitative estimate of drug-likeness (QED) is 0.896. The average molecular weight is 280 g/mol. The molecule has 112 valence electrons. The molecule has 2 rings (SSSR count). The van der Waals surface area contributed by atoms with Crippen LogP contribution in [0.5, 0.6) is 0 Å². The molecule has 1 aromatic heterocycles. The third kappa shape index (κ3) is 3.31. The molecule has 1 aliphatic rings. The summed E-state index contributed by atoms with van der Waals surface area (Å²) < 4.78 is 6.75. The summed E-state index contributed by atoms with van der Waals surface area (Å²) in [6.45, 7) is 11.3. The highest BCUT2D eigenvalue weighted by molar-refractivity contribution is 5.67. The number of nitrogens with two attached hydrogens (primary N) is 1. The van der Waals surface area contributed by atoms with Gasteiger partial charge in [0.25, 0.3) is 0 Å². The Morgan fingerprint density at radius 1 is 1.50 bits per heavy atom. The minimum Gasteiger partial charge on any atom is -0.453 e. The van der Waals surface area contributed by atoms with Crippen molar-refractivity contribution in [1.82, 2.24) is 14.5 Å². The van der Waals surface area contributed by atoms with Crippen molar-refractivity contribution in [2.24, 2.45) is 5.73 Å². The van der Waals surface area contributed by atoms with Gasteiger partial charge in [0, 0.05) is 18.7 Å². The number of nitrogens with zero attached hydrogens (tertiary/aromatic N) is 3. The molecule has 0 bridgehead atoms. The Hall–Kier alpha value is -1.98. The minimum atomic E-state index is -0.308. The van der Waals surface area contributed by atoms with Crippen LogP contribution in [0.3, 0.4) is 0 Å². The number of methoxy groups -OCH3 is 1. The predicted molar refractivity (Wildman–Crippen MR) is 78.2 cm³/mol.